The fraction of sp³-hybridized carbons (Fsp3) is 0.278. The van der Waals surface area contributed by atoms with Crippen molar-refractivity contribution in [2.75, 3.05) is 20.5 Å². The zero-order valence-corrected chi connectivity index (χ0v) is 14.6. The maximum absolute atomic E-state index is 12.4. The summed E-state index contributed by atoms with van der Waals surface area (Å²) < 4.78 is 16.3. The zero-order valence-electron chi connectivity index (χ0n) is 14.6. The topological polar surface area (TPSA) is 120 Å². The van der Waals surface area contributed by atoms with Crippen molar-refractivity contribution in [3.8, 4) is 17.4 Å². The van der Waals surface area contributed by atoms with Gasteiger partial charge in [0.05, 0.1) is 0 Å². The Morgan fingerprint density at radius 1 is 1.33 bits per heavy atom. The van der Waals surface area contributed by atoms with Gasteiger partial charge in [-0.2, -0.15) is 0 Å². The number of aromatic nitrogens is 2. The SMILES string of the molecule is COCCCn1c(O)c(C(=O)/C=C/c2ccc3c(c2)OCO3)c(=O)[nH]c1=O. The summed E-state index contributed by atoms with van der Waals surface area (Å²) in [6.07, 6.45) is 3.05. The van der Waals surface area contributed by atoms with Crippen molar-refractivity contribution in [3.63, 3.8) is 0 Å². The number of allylic oxidation sites excluding steroid dienone is 1. The number of benzene rings is 1. The molecule has 0 radical (unpaired) electrons. The molecule has 0 saturated heterocycles. The number of nitrogens with one attached hydrogen (secondary N) is 1. The van der Waals surface area contributed by atoms with E-state index >= 15 is 0 Å². The Morgan fingerprint density at radius 3 is 2.89 bits per heavy atom. The number of fused-ring (bicyclic) bond motifs is 1. The van der Waals surface area contributed by atoms with Crippen LogP contribution in [0.4, 0.5) is 0 Å². The van der Waals surface area contributed by atoms with Crippen LogP contribution in [0.3, 0.4) is 0 Å². The van der Waals surface area contributed by atoms with Crippen LogP contribution in [0.5, 0.6) is 17.4 Å². The van der Waals surface area contributed by atoms with Gasteiger partial charge in [0.25, 0.3) is 5.56 Å². The molecule has 2 heterocycles. The van der Waals surface area contributed by atoms with Gasteiger partial charge in [-0.15, -0.1) is 0 Å². The van der Waals surface area contributed by atoms with Crippen LogP contribution in [-0.4, -0.2) is 41.0 Å². The highest BCUT2D eigenvalue weighted by Gasteiger charge is 2.19. The number of rotatable bonds is 7. The van der Waals surface area contributed by atoms with Gasteiger partial charge in [-0.25, -0.2) is 4.79 Å². The number of aromatic hydroxyl groups is 1. The normalized spacial score (nSPS) is 12.6. The lowest BCUT2D eigenvalue weighted by atomic mass is 10.1. The van der Waals surface area contributed by atoms with E-state index in [0.29, 0.717) is 30.1 Å². The van der Waals surface area contributed by atoms with Crippen LogP contribution in [0.15, 0.2) is 33.9 Å². The summed E-state index contributed by atoms with van der Waals surface area (Å²) in [5, 5.41) is 10.3. The second kappa shape index (κ2) is 7.92. The van der Waals surface area contributed by atoms with Crippen LogP contribution in [0.2, 0.25) is 0 Å². The van der Waals surface area contributed by atoms with Crippen molar-refractivity contribution in [2.24, 2.45) is 0 Å². The predicted octanol–water partition coefficient (Wildman–Crippen LogP) is 0.903. The van der Waals surface area contributed by atoms with Crippen LogP contribution < -0.4 is 20.7 Å². The molecule has 0 atom stereocenters. The molecule has 0 fully saturated rings. The largest absolute Gasteiger partial charge is 0.494 e. The third kappa shape index (κ3) is 3.93. The fourth-order valence-corrected chi connectivity index (χ4v) is 2.63. The molecule has 2 N–H and O–H groups in total. The first-order chi connectivity index (χ1) is 13.0. The number of methoxy groups -OCH3 is 1. The average molecular weight is 374 g/mol. The molecule has 2 aromatic rings. The molecular weight excluding hydrogens is 356 g/mol. The summed E-state index contributed by atoms with van der Waals surface area (Å²) in [6.45, 7) is 0.592. The van der Waals surface area contributed by atoms with E-state index < -0.39 is 28.5 Å². The van der Waals surface area contributed by atoms with Crippen LogP contribution in [0.1, 0.15) is 22.3 Å². The summed E-state index contributed by atoms with van der Waals surface area (Å²) in [5.74, 6) is -0.236. The molecule has 1 aromatic heterocycles. The summed E-state index contributed by atoms with van der Waals surface area (Å²) in [4.78, 5) is 38.3. The highest BCUT2D eigenvalue weighted by molar-refractivity contribution is 6.08. The minimum atomic E-state index is -0.944. The molecule has 0 spiro atoms. The van der Waals surface area contributed by atoms with Gasteiger partial charge < -0.3 is 19.3 Å². The van der Waals surface area contributed by atoms with Crippen molar-refractivity contribution in [1.29, 1.82) is 0 Å². The molecule has 0 aliphatic carbocycles. The minimum absolute atomic E-state index is 0.0987. The Labute approximate surface area is 153 Å². The molecule has 142 valence electrons. The molecule has 0 bridgehead atoms. The van der Waals surface area contributed by atoms with Crippen molar-refractivity contribution in [3.05, 3.63) is 56.2 Å². The van der Waals surface area contributed by atoms with Crippen LogP contribution in [0, 0.1) is 0 Å². The number of ketones is 1. The lowest BCUT2D eigenvalue weighted by Gasteiger charge is -2.09. The quantitative estimate of drug-likeness (QED) is 0.420. The summed E-state index contributed by atoms with van der Waals surface area (Å²) in [7, 11) is 1.51. The van der Waals surface area contributed by atoms with Crippen LogP contribution >= 0.6 is 0 Å². The first-order valence-electron chi connectivity index (χ1n) is 8.18. The molecule has 1 aliphatic rings. The Morgan fingerprint density at radius 2 is 2.11 bits per heavy atom. The summed E-state index contributed by atoms with van der Waals surface area (Å²) in [5.41, 5.74) is -1.58. The molecule has 0 unspecified atom stereocenters. The third-order valence-electron chi connectivity index (χ3n) is 3.97. The van der Waals surface area contributed by atoms with E-state index in [1.807, 2.05) is 4.98 Å². The zero-order chi connectivity index (χ0) is 19.4. The molecule has 0 saturated carbocycles. The molecule has 3 rings (SSSR count). The highest BCUT2D eigenvalue weighted by atomic mass is 16.7. The van der Waals surface area contributed by atoms with E-state index in [0.717, 1.165) is 10.6 Å². The van der Waals surface area contributed by atoms with Gasteiger partial charge in [-0.05, 0) is 30.2 Å². The molecule has 27 heavy (non-hydrogen) atoms. The van der Waals surface area contributed by atoms with Crippen molar-refractivity contribution in [1.82, 2.24) is 9.55 Å². The van der Waals surface area contributed by atoms with Crippen LogP contribution in [0.25, 0.3) is 6.08 Å². The van der Waals surface area contributed by atoms with E-state index in [1.54, 1.807) is 18.2 Å². The lowest BCUT2D eigenvalue weighted by Crippen LogP contribution is -2.33. The van der Waals surface area contributed by atoms with Gasteiger partial charge in [0.2, 0.25) is 12.7 Å². The third-order valence-corrected chi connectivity index (χ3v) is 3.97. The molecule has 0 amide bonds. The molecule has 9 heteroatoms. The van der Waals surface area contributed by atoms with Gasteiger partial charge in [-0.3, -0.25) is 19.1 Å². The van der Waals surface area contributed by atoms with Gasteiger partial charge >= 0.3 is 5.69 Å². The average Bonchev–Trinajstić information content (AvgIpc) is 3.10. The first-order valence-corrected chi connectivity index (χ1v) is 8.18. The Bertz CT molecular complexity index is 1000. The number of hydrogen-bond donors (Lipinski definition) is 2. The fourth-order valence-electron chi connectivity index (χ4n) is 2.63. The number of carbonyl (C=O) groups excluding carboxylic acids is 1. The van der Waals surface area contributed by atoms with E-state index in [2.05, 4.69) is 0 Å². The van der Waals surface area contributed by atoms with Gasteiger partial charge in [-0.1, -0.05) is 12.1 Å². The molecular formula is C18H18N2O7. The second-order valence-corrected chi connectivity index (χ2v) is 5.77. The number of nitrogens with zero attached hydrogens (tertiary/aromatic N) is 1. The molecule has 1 aliphatic heterocycles. The van der Waals surface area contributed by atoms with E-state index in [4.69, 9.17) is 14.2 Å². The van der Waals surface area contributed by atoms with E-state index in [9.17, 15) is 19.5 Å². The molecule has 9 nitrogen and oxygen atoms in total. The van der Waals surface area contributed by atoms with Crippen molar-refractivity contribution < 1.29 is 24.1 Å². The summed E-state index contributed by atoms with van der Waals surface area (Å²) >= 11 is 0. The smallest absolute Gasteiger partial charge is 0.331 e. The first kappa shape index (κ1) is 18.5. The van der Waals surface area contributed by atoms with Gasteiger partial charge in [0, 0.05) is 20.3 Å². The van der Waals surface area contributed by atoms with Crippen molar-refractivity contribution >= 4 is 11.9 Å². The van der Waals surface area contributed by atoms with E-state index in [-0.39, 0.29) is 13.3 Å². The maximum atomic E-state index is 12.4. The molecule has 1 aromatic carbocycles. The van der Waals surface area contributed by atoms with Crippen molar-refractivity contribution in [2.45, 2.75) is 13.0 Å². The Hall–Kier alpha value is -3.33. The Kier molecular flexibility index (Phi) is 5.41. The number of H-pyrrole nitrogens is 1. The summed E-state index contributed by atoms with van der Waals surface area (Å²) in [6, 6.07) is 5.10. The monoisotopic (exact) mass is 374 g/mol. The lowest BCUT2D eigenvalue weighted by molar-refractivity contribution is 0.104. The maximum Gasteiger partial charge on any atom is 0.331 e. The minimum Gasteiger partial charge on any atom is -0.494 e. The number of carbonyl (C=O) groups is 1. The second-order valence-electron chi connectivity index (χ2n) is 5.77. The number of hydrogen-bond acceptors (Lipinski definition) is 7. The van der Waals surface area contributed by atoms with Crippen LogP contribution in [-0.2, 0) is 11.3 Å². The van der Waals surface area contributed by atoms with Gasteiger partial charge in [0.1, 0.15) is 5.56 Å². The Balaban J connectivity index is 1.86. The van der Waals surface area contributed by atoms with Gasteiger partial charge in [0.15, 0.2) is 17.3 Å². The van der Waals surface area contributed by atoms with E-state index in [1.165, 1.54) is 13.2 Å². The highest BCUT2D eigenvalue weighted by Crippen LogP contribution is 2.32. The number of aromatic amines is 1. The number of ether oxygens (including phenoxy) is 3. The predicted molar refractivity (Wildman–Crippen MR) is 95.4 cm³/mol. The standard InChI is InChI=1S/C18H18N2O7/c1-25-8-2-7-20-17(23)15(16(22)19-18(20)24)12(21)5-3-11-4-6-13-14(9-11)27-10-26-13/h3-6,9,23H,2,7-8,10H2,1H3,(H,19,22,24)/b5-3+.